The van der Waals surface area contributed by atoms with Crippen molar-refractivity contribution in [3.63, 3.8) is 0 Å². The maximum absolute atomic E-state index is 12.9. The smallest absolute Gasteiger partial charge is 0.261 e. The highest BCUT2D eigenvalue weighted by atomic mass is 16.2. The van der Waals surface area contributed by atoms with Gasteiger partial charge in [-0.25, -0.2) is 4.98 Å². The first-order chi connectivity index (χ1) is 16.5. The van der Waals surface area contributed by atoms with Crippen LogP contribution in [0.2, 0.25) is 0 Å². The number of anilines is 2. The molecule has 2 heterocycles. The summed E-state index contributed by atoms with van der Waals surface area (Å²) in [4.78, 5) is 44.3. The fourth-order valence-electron chi connectivity index (χ4n) is 4.34. The lowest BCUT2D eigenvalue weighted by molar-refractivity contribution is -0.116. The Morgan fingerprint density at radius 2 is 1.79 bits per heavy atom. The highest BCUT2D eigenvalue weighted by molar-refractivity contribution is 6.07. The number of hydrogen-bond donors (Lipinski definition) is 1. The molecule has 0 saturated carbocycles. The van der Waals surface area contributed by atoms with Gasteiger partial charge in [0.25, 0.3) is 11.5 Å². The molecule has 1 N–H and O–H groups in total. The lowest BCUT2D eigenvalue weighted by atomic mass is 10.1. The molecule has 170 valence electrons. The van der Waals surface area contributed by atoms with Gasteiger partial charge in [-0.3, -0.25) is 19.0 Å². The van der Waals surface area contributed by atoms with Crippen LogP contribution in [-0.4, -0.2) is 27.9 Å². The van der Waals surface area contributed by atoms with Crippen LogP contribution in [0.3, 0.4) is 0 Å². The van der Waals surface area contributed by atoms with E-state index in [-0.39, 0.29) is 30.3 Å². The fourth-order valence-corrected chi connectivity index (χ4v) is 4.34. The SMILES string of the molecule is Cc1cccc2c(=O)n(CCC(=O)Nc3ccc(C(=O)N4CCc5ccccc54)cc3)cnc12. The first kappa shape index (κ1) is 21.6. The van der Waals surface area contributed by atoms with Crippen molar-refractivity contribution in [2.75, 3.05) is 16.8 Å². The molecule has 0 radical (unpaired) electrons. The molecular weight excluding hydrogens is 428 g/mol. The summed E-state index contributed by atoms with van der Waals surface area (Å²) < 4.78 is 1.46. The molecule has 1 aliphatic heterocycles. The van der Waals surface area contributed by atoms with Gasteiger partial charge in [0.05, 0.1) is 17.2 Å². The van der Waals surface area contributed by atoms with E-state index in [2.05, 4.69) is 10.3 Å². The minimum atomic E-state index is -0.219. The summed E-state index contributed by atoms with van der Waals surface area (Å²) in [5.74, 6) is -0.273. The van der Waals surface area contributed by atoms with Crippen LogP contribution in [0.1, 0.15) is 27.9 Å². The summed E-state index contributed by atoms with van der Waals surface area (Å²) >= 11 is 0. The molecule has 7 heteroatoms. The minimum absolute atomic E-state index is 0.0544. The largest absolute Gasteiger partial charge is 0.326 e. The molecule has 0 aliphatic carbocycles. The van der Waals surface area contributed by atoms with Crippen molar-refractivity contribution in [1.82, 2.24) is 9.55 Å². The van der Waals surface area contributed by atoms with Gasteiger partial charge in [0.1, 0.15) is 0 Å². The number of aromatic nitrogens is 2. The van der Waals surface area contributed by atoms with Gasteiger partial charge in [-0.15, -0.1) is 0 Å². The Bertz CT molecular complexity index is 1460. The zero-order valence-corrected chi connectivity index (χ0v) is 18.8. The molecule has 5 rings (SSSR count). The first-order valence-corrected chi connectivity index (χ1v) is 11.3. The highest BCUT2D eigenvalue weighted by Gasteiger charge is 2.25. The molecule has 3 aromatic carbocycles. The lowest BCUT2D eigenvalue weighted by Crippen LogP contribution is -2.28. The van der Waals surface area contributed by atoms with Gasteiger partial charge in [0.15, 0.2) is 0 Å². The van der Waals surface area contributed by atoms with Crippen LogP contribution in [-0.2, 0) is 17.8 Å². The van der Waals surface area contributed by atoms with Crippen LogP contribution < -0.4 is 15.8 Å². The van der Waals surface area contributed by atoms with Gasteiger partial charge >= 0.3 is 0 Å². The van der Waals surface area contributed by atoms with E-state index in [4.69, 9.17) is 0 Å². The molecule has 0 saturated heterocycles. The summed E-state index contributed by atoms with van der Waals surface area (Å²) in [6, 6.07) is 20.3. The second-order valence-corrected chi connectivity index (χ2v) is 8.43. The number of amides is 2. The minimum Gasteiger partial charge on any atom is -0.326 e. The monoisotopic (exact) mass is 452 g/mol. The Kier molecular flexibility index (Phi) is 5.67. The third kappa shape index (κ3) is 4.08. The van der Waals surface area contributed by atoms with Crippen molar-refractivity contribution < 1.29 is 9.59 Å². The van der Waals surface area contributed by atoms with Crippen LogP contribution in [0.5, 0.6) is 0 Å². The lowest BCUT2D eigenvalue weighted by Gasteiger charge is -2.17. The van der Waals surface area contributed by atoms with Crippen LogP contribution in [0.15, 0.2) is 77.9 Å². The van der Waals surface area contributed by atoms with Crippen LogP contribution in [0.25, 0.3) is 10.9 Å². The van der Waals surface area contributed by atoms with E-state index in [1.807, 2.05) is 43.3 Å². The average Bonchev–Trinajstić information content (AvgIpc) is 3.28. The molecule has 4 aromatic rings. The van der Waals surface area contributed by atoms with Crippen molar-refractivity contribution >= 4 is 34.1 Å². The first-order valence-electron chi connectivity index (χ1n) is 11.3. The molecule has 7 nitrogen and oxygen atoms in total. The van der Waals surface area contributed by atoms with E-state index < -0.39 is 0 Å². The molecule has 0 bridgehead atoms. The maximum Gasteiger partial charge on any atom is 0.261 e. The zero-order chi connectivity index (χ0) is 23.7. The Labute approximate surface area is 196 Å². The predicted octanol–water partition coefficient (Wildman–Crippen LogP) is 3.94. The van der Waals surface area contributed by atoms with Crippen LogP contribution in [0.4, 0.5) is 11.4 Å². The van der Waals surface area contributed by atoms with Gasteiger partial charge in [-0.2, -0.15) is 0 Å². The molecule has 0 atom stereocenters. The number of hydrogen-bond acceptors (Lipinski definition) is 4. The number of carbonyl (C=O) groups excluding carboxylic acids is 2. The van der Waals surface area contributed by atoms with Crippen molar-refractivity contribution in [2.24, 2.45) is 0 Å². The van der Waals surface area contributed by atoms with Crippen molar-refractivity contribution in [3.05, 3.63) is 100 Å². The summed E-state index contributed by atoms with van der Waals surface area (Å²) in [6.45, 7) is 2.81. The maximum atomic E-state index is 12.9. The van der Waals surface area contributed by atoms with Gasteiger partial charge in [0, 0.05) is 36.4 Å². The number of rotatable bonds is 5. The van der Waals surface area contributed by atoms with Gasteiger partial charge in [-0.05, 0) is 60.9 Å². The molecule has 0 unspecified atom stereocenters. The Morgan fingerprint density at radius 1 is 1.00 bits per heavy atom. The van der Waals surface area contributed by atoms with E-state index in [9.17, 15) is 14.4 Å². The highest BCUT2D eigenvalue weighted by Crippen LogP contribution is 2.29. The number of aryl methyl sites for hydroxylation is 2. The second-order valence-electron chi connectivity index (χ2n) is 8.43. The molecule has 34 heavy (non-hydrogen) atoms. The second kappa shape index (κ2) is 8.94. The van der Waals surface area contributed by atoms with Crippen LogP contribution in [0, 0.1) is 6.92 Å². The quantitative estimate of drug-likeness (QED) is 0.497. The molecular formula is C27H24N4O3. The summed E-state index contributed by atoms with van der Waals surface area (Å²) in [6.07, 6.45) is 2.47. The predicted molar refractivity (Wildman–Crippen MR) is 132 cm³/mol. The van der Waals surface area contributed by atoms with E-state index >= 15 is 0 Å². The van der Waals surface area contributed by atoms with E-state index in [1.165, 1.54) is 16.5 Å². The average molecular weight is 453 g/mol. The number of para-hydroxylation sites is 2. The standard InChI is InChI=1S/C27H24N4O3/c1-18-5-4-7-22-25(18)28-17-30(27(22)34)15-14-24(32)29-21-11-9-20(10-12-21)26(33)31-16-13-19-6-2-3-8-23(19)31/h2-12,17H,13-16H2,1H3,(H,29,32). The molecule has 2 amide bonds. The molecule has 1 aliphatic rings. The third-order valence-electron chi connectivity index (χ3n) is 6.18. The number of benzene rings is 3. The van der Waals surface area contributed by atoms with E-state index in [0.717, 1.165) is 17.7 Å². The molecule has 1 aromatic heterocycles. The number of carbonyl (C=O) groups is 2. The Balaban J connectivity index is 1.21. The molecule has 0 spiro atoms. The Hall–Kier alpha value is -4.26. The van der Waals surface area contributed by atoms with Gasteiger partial charge in [-0.1, -0.05) is 30.3 Å². The third-order valence-corrected chi connectivity index (χ3v) is 6.18. The number of nitrogens with zero attached hydrogens (tertiary/aromatic N) is 3. The normalized spacial score (nSPS) is 12.6. The van der Waals surface area contributed by atoms with Crippen LogP contribution >= 0.6 is 0 Å². The van der Waals surface area contributed by atoms with Gasteiger partial charge < -0.3 is 10.2 Å². The van der Waals surface area contributed by atoms with Crippen molar-refractivity contribution in [2.45, 2.75) is 26.3 Å². The van der Waals surface area contributed by atoms with Gasteiger partial charge in [0.2, 0.25) is 5.91 Å². The van der Waals surface area contributed by atoms with E-state index in [1.54, 1.807) is 35.2 Å². The number of nitrogens with one attached hydrogen (secondary N) is 1. The summed E-state index contributed by atoms with van der Waals surface area (Å²) in [7, 11) is 0. The Morgan fingerprint density at radius 3 is 2.62 bits per heavy atom. The zero-order valence-electron chi connectivity index (χ0n) is 18.8. The summed E-state index contributed by atoms with van der Waals surface area (Å²) in [5, 5.41) is 3.37. The topological polar surface area (TPSA) is 84.3 Å². The summed E-state index contributed by atoms with van der Waals surface area (Å²) in [5.41, 5.74) is 4.76. The van der Waals surface area contributed by atoms with Crippen molar-refractivity contribution in [1.29, 1.82) is 0 Å². The van der Waals surface area contributed by atoms with E-state index in [0.29, 0.717) is 28.7 Å². The molecule has 0 fully saturated rings. The fraction of sp³-hybridized carbons (Fsp3) is 0.185. The van der Waals surface area contributed by atoms with Crippen molar-refractivity contribution in [3.8, 4) is 0 Å². The number of fused-ring (bicyclic) bond motifs is 2.